The quantitative estimate of drug-likeness (QED) is 0.560. The van der Waals surface area contributed by atoms with Crippen LogP contribution < -0.4 is 4.90 Å². The number of fused-ring (bicyclic) bond motifs is 1. The highest BCUT2D eigenvalue weighted by Gasteiger charge is 2.44. The molecule has 2 aromatic carbocycles. The van der Waals surface area contributed by atoms with E-state index in [-0.39, 0.29) is 5.91 Å². The molecule has 0 aromatic heterocycles. The summed E-state index contributed by atoms with van der Waals surface area (Å²) in [6.07, 6.45) is 2.32. The predicted octanol–water partition coefficient (Wildman–Crippen LogP) is 3.97. The van der Waals surface area contributed by atoms with E-state index in [0.717, 1.165) is 16.8 Å². The molecule has 2 heterocycles. The van der Waals surface area contributed by atoms with Crippen molar-refractivity contribution in [3.05, 3.63) is 82.6 Å². The Labute approximate surface area is 182 Å². The number of hydrogen-bond donors (Lipinski definition) is 0. The van der Waals surface area contributed by atoms with Crippen LogP contribution in [-0.4, -0.2) is 43.8 Å². The Morgan fingerprint density at radius 2 is 1.81 bits per heavy atom. The fraction of sp³-hybridized carbons (Fsp3) is 0.240. The van der Waals surface area contributed by atoms with Crippen molar-refractivity contribution in [1.29, 1.82) is 0 Å². The summed E-state index contributed by atoms with van der Waals surface area (Å²) < 4.78 is 5.03. The lowest BCUT2D eigenvalue weighted by Gasteiger charge is -2.33. The maximum Gasteiger partial charge on any atom is 0.338 e. The van der Waals surface area contributed by atoms with E-state index in [1.165, 1.54) is 7.11 Å². The maximum absolute atomic E-state index is 13.5. The normalized spacial score (nSPS) is 19.4. The molecule has 0 aliphatic carbocycles. The van der Waals surface area contributed by atoms with E-state index in [2.05, 4.69) is 4.99 Å². The van der Waals surface area contributed by atoms with Gasteiger partial charge in [0.15, 0.2) is 0 Å². The van der Waals surface area contributed by atoms with Crippen LogP contribution in [0.2, 0.25) is 0 Å². The number of nitrogens with zero attached hydrogens (tertiary/aromatic N) is 3. The topological polar surface area (TPSA) is 62.2 Å². The molecule has 31 heavy (non-hydrogen) atoms. The largest absolute Gasteiger partial charge is 0.466 e. The van der Waals surface area contributed by atoms with Crippen molar-refractivity contribution in [3.8, 4) is 0 Å². The average molecular weight is 415 g/mol. The number of rotatable bonds is 4. The molecule has 0 radical (unpaired) electrons. The summed E-state index contributed by atoms with van der Waals surface area (Å²) >= 11 is 0. The van der Waals surface area contributed by atoms with Gasteiger partial charge in [0.2, 0.25) is 0 Å². The molecule has 1 fully saturated rings. The smallest absolute Gasteiger partial charge is 0.338 e. The Hall–Kier alpha value is -3.67. The fourth-order valence-electron chi connectivity index (χ4n) is 4.05. The Morgan fingerprint density at radius 3 is 2.42 bits per heavy atom. The van der Waals surface area contributed by atoms with Crippen molar-refractivity contribution in [2.45, 2.75) is 19.4 Å². The second kappa shape index (κ2) is 8.22. The molecule has 0 bridgehead atoms. The van der Waals surface area contributed by atoms with E-state index in [0.29, 0.717) is 29.1 Å². The van der Waals surface area contributed by atoms with Crippen molar-refractivity contribution in [1.82, 2.24) is 4.90 Å². The van der Waals surface area contributed by atoms with E-state index >= 15 is 0 Å². The molecule has 1 saturated heterocycles. The molecule has 2 aliphatic heterocycles. The molecule has 0 saturated carbocycles. The Balaban J connectivity index is 1.75. The highest BCUT2D eigenvalue weighted by molar-refractivity contribution is 6.19. The highest BCUT2D eigenvalue weighted by atomic mass is 16.5. The van der Waals surface area contributed by atoms with Crippen LogP contribution in [-0.2, 0) is 14.3 Å². The number of ether oxygens (including phenoxy) is 1. The van der Waals surface area contributed by atoms with Crippen molar-refractivity contribution in [2.24, 2.45) is 4.99 Å². The van der Waals surface area contributed by atoms with Gasteiger partial charge in [0, 0.05) is 31.8 Å². The fourth-order valence-corrected chi connectivity index (χ4v) is 4.05. The molecule has 1 unspecified atom stereocenters. The van der Waals surface area contributed by atoms with E-state index in [4.69, 9.17) is 4.74 Å². The molecule has 158 valence electrons. The molecule has 2 aromatic rings. The second-order valence-corrected chi connectivity index (χ2v) is 7.84. The number of amides is 1. The lowest BCUT2D eigenvalue weighted by atomic mass is 9.94. The van der Waals surface area contributed by atoms with E-state index in [9.17, 15) is 9.59 Å². The Bertz CT molecular complexity index is 1110. The molecule has 6 heteroatoms. The number of anilines is 1. The van der Waals surface area contributed by atoms with Gasteiger partial charge in [-0.2, -0.15) is 0 Å². The summed E-state index contributed by atoms with van der Waals surface area (Å²) in [5, 5.41) is 0. The monoisotopic (exact) mass is 415 g/mol. The number of methoxy groups -OCH3 is 1. The van der Waals surface area contributed by atoms with Crippen LogP contribution >= 0.6 is 0 Å². The molecule has 0 N–H and O–H groups in total. The summed E-state index contributed by atoms with van der Waals surface area (Å²) in [7, 11) is 5.32. The van der Waals surface area contributed by atoms with Crippen LogP contribution in [0.5, 0.6) is 0 Å². The number of esters is 1. The van der Waals surface area contributed by atoms with Crippen molar-refractivity contribution < 1.29 is 14.3 Å². The lowest BCUT2D eigenvalue weighted by molar-refractivity contribution is -0.137. The van der Waals surface area contributed by atoms with Crippen LogP contribution in [0.4, 0.5) is 5.69 Å². The van der Waals surface area contributed by atoms with E-state index in [1.807, 2.05) is 79.7 Å². The third kappa shape index (κ3) is 3.77. The van der Waals surface area contributed by atoms with Gasteiger partial charge in [0.05, 0.1) is 24.4 Å². The third-order valence-corrected chi connectivity index (χ3v) is 5.61. The van der Waals surface area contributed by atoms with Crippen molar-refractivity contribution in [2.75, 3.05) is 26.1 Å². The Morgan fingerprint density at radius 1 is 1.13 bits per heavy atom. The zero-order valence-corrected chi connectivity index (χ0v) is 18.1. The van der Waals surface area contributed by atoms with Gasteiger partial charge in [-0.25, -0.2) is 9.79 Å². The first-order valence-electron chi connectivity index (χ1n) is 10.1. The van der Waals surface area contributed by atoms with Crippen LogP contribution in [0.3, 0.4) is 0 Å². The minimum absolute atomic E-state index is 0.141. The number of benzene rings is 2. The van der Waals surface area contributed by atoms with Gasteiger partial charge in [0.25, 0.3) is 5.91 Å². The zero-order chi connectivity index (χ0) is 22.1. The van der Waals surface area contributed by atoms with Gasteiger partial charge in [-0.05, 0) is 36.3 Å². The first-order valence-corrected chi connectivity index (χ1v) is 10.1. The van der Waals surface area contributed by atoms with Gasteiger partial charge >= 0.3 is 5.97 Å². The number of amidine groups is 1. The zero-order valence-electron chi connectivity index (χ0n) is 18.1. The molecule has 0 spiro atoms. The second-order valence-electron chi connectivity index (χ2n) is 7.84. The van der Waals surface area contributed by atoms with E-state index < -0.39 is 12.0 Å². The SMILES string of the molecule is COC(=O)C1=C(C)N=C2C/C(=C/c3ccc(N(C)C)cc3)C(=O)N2C1c1ccccc1. The van der Waals surface area contributed by atoms with Gasteiger partial charge in [-0.1, -0.05) is 42.5 Å². The first-order chi connectivity index (χ1) is 14.9. The molecule has 4 rings (SSSR count). The van der Waals surface area contributed by atoms with Gasteiger partial charge < -0.3 is 9.64 Å². The summed E-state index contributed by atoms with van der Waals surface area (Å²) in [6.45, 7) is 1.79. The third-order valence-electron chi connectivity index (χ3n) is 5.61. The van der Waals surface area contributed by atoms with Crippen LogP contribution in [0.1, 0.15) is 30.5 Å². The van der Waals surface area contributed by atoms with E-state index in [1.54, 1.807) is 11.8 Å². The van der Waals surface area contributed by atoms with Crippen LogP contribution in [0, 0.1) is 0 Å². The molecule has 1 atom stereocenters. The van der Waals surface area contributed by atoms with Gasteiger partial charge in [-0.3, -0.25) is 9.69 Å². The van der Waals surface area contributed by atoms with Crippen LogP contribution in [0.15, 0.2) is 76.4 Å². The first kappa shape index (κ1) is 20.6. The van der Waals surface area contributed by atoms with Gasteiger partial charge in [0.1, 0.15) is 5.84 Å². The lowest BCUT2D eigenvalue weighted by Crippen LogP contribution is -2.39. The number of carbonyl (C=O) groups is 2. The van der Waals surface area contributed by atoms with Crippen molar-refractivity contribution in [3.63, 3.8) is 0 Å². The molecule has 2 aliphatic rings. The molecule has 1 amide bonds. The minimum atomic E-state index is -0.560. The maximum atomic E-state index is 13.5. The van der Waals surface area contributed by atoms with Gasteiger partial charge in [-0.15, -0.1) is 0 Å². The number of carbonyl (C=O) groups excluding carboxylic acids is 2. The molecular weight excluding hydrogens is 390 g/mol. The van der Waals surface area contributed by atoms with Crippen LogP contribution in [0.25, 0.3) is 6.08 Å². The molecule has 6 nitrogen and oxygen atoms in total. The van der Waals surface area contributed by atoms with Crippen molar-refractivity contribution >= 4 is 29.5 Å². The number of hydrogen-bond acceptors (Lipinski definition) is 5. The summed E-state index contributed by atoms with van der Waals surface area (Å²) in [6, 6.07) is 17.0. The average Bonchev–Trinajstić information content (AvgIpc) is 3.07. The minimum Gasteiger partial charge on any atom is -0.466 e. The predicted molar refractivity (Wildman–Crippen MR) is 122 cm³/mol. The summed E-state index contributed by atoms with van der Waals surface area (Å²) in [5.41, 5.74) is 4.51. The Kier molecular flexibility index (Phi) is 5.46. The number of allylic oxidation sites excluding steroid dienone is 1. The highest BCUT2D eigenvalue weighted by Crippen LogP contribution is 2.41. The molecular formula is C25H25N3O3. The summed E-state index contributed by atoms with van der Waals surface area (Å²) in [4.78, 5) is 34.3. The number of aliphatic imine (C=N–C) groups is 1. The summed E-state index contributed by atoms with van der Waals surface area (Å²) in [5.74, 6) is 0.0389. The standard InChI is InChI=1S/C25H25N3O3/c1-16-22(25(30)31-4)23(18-8-6-5-7-9-18)28-21(26-16)15-19(24(28)29)14-17-10-12-20(13-11-17)27(2)3/h5-14,23H,15H2,1-4H3/b19-14-.